The van der Waals surface area contributed by atoms with E-state index in [1.54, 1.807) is 0 Å². The van der Waals surface area contributed by atoms with Crippen LogP contribution in [0.25, 0.3) is 11.0 Å². The van der Waals surface area contributed by atoms with Gasteiger partial charge in [0.05, 0.1) is 6.54 Å². The van der Waals surface area contributed by atoms with E-state index in [1.165, 1.54) is 0 Å². The molecule has 0 radical (unpaired) electrons. The smallest absolute Gasteiger partial charge is 0.271 e. The number of benzene rings is 1. The van der Waals surface area contributed by atoms with Crippen molar-refractivity contribution in [1.82, 2.24) is 20.0 Å². The molecule has 1 aliphatic heterocycles. The van der Waals surface area contributed by atoms with Gasteiger partial charge in [-0.3, -0.25) is 9.48 Å². The number of hydrogen-bond acceptors (Lipinski definition) is 4. The third-order valence-corrected chi connectivity index (χ3v) is 6.70. The normalized spacial score (nSPS) is 15.7. The van der Waals surface area contributed by atoms with Crippen LogP contribution in [0.3, 0.4) is 0 Å². The van der Waals surface area contributed by atoms with Crippen LogP contribution < -0.4 is 5.32 Å². The molecular formula is C25H33ClN4O2. The molecule has 0 saturated carbocycles. The number of carbonyl (C=O) groups excluding carboxylic acids is 1. The van der Waals surface area contributed by atoms with Crippen LogP contribution in [0.2, 0.25) is 5.02 Å². The molecule has 1 amide bonds. The molecule has 3 aromatic rings. The summed E-state index contributed by atoms with van der Waals surface area (Å²) in [5, 5.41) is 9.33. The monoisotopic (exact) mass is 456 g/mol. The van der Waals surface area contributed by atoms with Crippen molar-refractivity contribution in [3.8, 4) is 0 Å². The van der Waals surface area contributed by atoms with Gasteiger partial charge in [0.15, 0.2) is 0 Å². The lowest BCUT2D eigenvalue weighted by Crippen LogP contribution is -2.38. The minimum absolute atomic E-state index is 0.110. The molecule has 3 heterocycles. The quantitative estimate of drug-likeness (QED) is 0.529. The number of piperidine rings is 1. The number of aromatic nitrogens is 2. The highest BCUT2D eigenvalue weighted by atomic mass is 35.5. The van der Waals surface area contributed by atoms with Gasteiger partial charge in [0.2, 0.25) is 0 Å². The molecule has 0 spiro atoms. The van der Waals surface area contributed by atoms with Crippen molar-refractivity contribution < 1.29 is 9.21 Å². The van der Waals surface area contributed by atoms with Crippen molar-refractivity contribution in [3.05, 3.63) is 52.0 Å². The van der Waals surface area contributed by atoms with Gasteiger partial charge < -0.3 is 14.6 Å². The lowest BCUT2D eigenvalue weighted by Gasteiger charge is -2.30. The molecule has 0 aliphatic carbocycles. The molecule has 172 valence electrons. The average Bonchev–Trinajstić information content (AvgIpc) is 3.36. The zero-order valence-electron chi connectivity index (χ0n) is 19.4. The van der Waals surface area contributed by atoms with Crippen molar-refractivity contribution in [3.63, 3.8) is 0 Å². The van der Waals surface area contributed by atoms with Gasteiger partial charge in [-0.25, -0.2) is 0 Å². The maximum Gasteiger partial charge on any atom is 0.271 e. The van der Waals surface area contributed by atoms with Gasteiger partial charge in [0.1, 0.15) is 17.0 Å². The highest BCUT2D eigenvalue weighted by molar-refractivity contribution is 6.31. The summed E-state index contributed by atoms with van der Waals surface area (Å²) >= 11 is 6.37. The number of likely N-dealkylation sites (tertiary alicyclic amines) is 1. The van der Waals surface area contributed by atoms with E-state index in [4.69, 9.17) is 16.0 Å². The Hall–Kier alpha value is -2.31. The maximum absolute atomic E-state index is 12.7. The second kappa shape index (κ2) is 9.67. The Kier molecular flexibility index (Phi) is 6.91. The van der Waals surface area contributed by atoms with Crippen LogP contribution in [0.1, 0.15) is 67.0 Å². The summed E-state index contributed by atoms with van der Waals surface area (Å²) in [4.78, 5) is 15.2. The molecule has 1 saturated heterocycles. The first-order chi connectivity index (χ1) is 15.3. The van der Waals surface area contributed by atoms with Crippen LogP contribution in [0, 0.1) is 12.8 Å². The van der Waals surface area contributed by atoms with Gasteiger partial charge in [0.25, 0.3) is 5.91 Å². The summed E-state index contributed by atoms with van der Waals surface area (Å²) in [7, 11) is 0. The highest BCUT2D eigenvalue weighted by Gasteiger charge is 2.20. The fourth-order valence-electron chi connectivity index (χ4n) is 4.38. The number of hydrogen-bond donors (Lipinski definition) is 1. The third-order valence-electron chi connectivity index (χ3n) is 6.49. The summed E-state index contributed by atoms with van der Waals surface area (Å²) in [6, 6.07) is 7.74. The van der Waals surface area contributed by atoms with Crippen LogP contribution in [0.5, 0.6) is 0 Å². The largest absolute Gasteiger partial charge is 0.460 e. The number of nitrogens with one attached hydrogen (secondary N) is 1. The van der Waals surface area contributed by atoms with Crippen LogP contribution in [0.4, 0.5) is 0 Å². The predicted octanol–water partition coefficient (Wildman–Crippen LogP) is 5.22. The van der Waals surface area contributed by atoms with E-state index < -0.39 is 0 Å². The zero-order valence-corrected chi connectivity index (χ0v) is 20.2. The molecule has 1 fully saturated rings. The Labute approximate surface area is 194 Å². The molecule has 7 heteroatoms. The Morgan fingerprint density at radius 1 is 1.25 bits per heavy atom. The molecule has 1 aromatic carbocycles. The predicted molar refractivity (Wildman–Crippen MR) is 129 cm³/mol. The fourth-order valence-corrected chi connectivity index (χ4v) is 4.63. The molecule has 4 rings (SSSR count). The first kappa shape index (κ1) is 22.9. The lowest BCUT2D eigenvalue weighted by molar-refractivity contribution is 0.0931. The van der Waals surface area contributed by atoms with E-state index >= 15 is 0 Å². The van der Waals surface area contributed by atoms with Crippen LogP contribution in [-0.2, 0) is 6.54 Å². The average molecular weight is 457 g/mol. The highest BCUT2D eigenvalue weighted by Crippen LogP contribution is 2.31. The third kappa shape index (κ3) is 5.02. The van der Waals surface area contributed by atoms with E-state index in [0.29, 0.717) is 35.6 Å². The minimum Gasteiger partial charge on any atom is -0.460 e. The summed E-state index contributed by atoms with van der Waals surface area (Å²) in [5.41, 5.74) is 3.17. The van der Waals surface area contributed by atoms with E-state index in [2.05, 4.69) is 42.2 Å². The first-order valence-electron chi connectivity index (χ1n) is 11.6. The van der Waals surface area contributed by atoms with Crippen LogP contribution >= 0.6 is 11.6 Å². The van der Waals surface area contributed by atoms with Crippen molar-refractivity contribution >= 4 is 28.5 Å². The van der Waals surface area contributed by atoms with Gasteiger partial charge in [-0.05, 0) is 69.6 Å². The molecular weight excluding hydrogens is 424 g/mol. The minimum atomic E-state index is -0.110. The van der Waals surface area contributed by atoms with Gasteiger partial charge >= 0.3 is 0 Å². The number of aryl methyl sites for hydroxylation is 1. The lowest BCUT2D eigenvalue weighted by atomic mass is 9.97. The number of nitrogens with zero attached hydrogens (tertiary/aromatic N) is 3. The SMILES string of the molecule is CCN1CCC(CNC(=O)c2cc(C)n(Cc3cc(Cl)cc4cc(C(C)C)oc34)n2)CC1. The number of carbonyl (C=O) groups is 1. The Morgan fingerprint density at radius 2 is 2.00 bits per heavy atom. The summed E-state index contributed by atoms with van der Waals surface area (Å²) in [5.74, 6) is 1.66. The number of rotatable bonds is 7. The Bertz CT molecular complexity index is 1090. The van der Waals surface area contributed by atoms with Crippen molar-refractivity contribution in [2.45, 2.75) is 53.0 Å². The van der Waals surface area contributed by atoms with E-state index in [-0.39, 0.29) is 5.91 Å². The molecule has 6 nitrogen and oxygen atoms in total. The Balaban J connectivity index is 1.45. The van der Waals surface area contributed by atoms with Crippen molar-refractivity contribution in [2.75, 3.05) is 26.2 Å². The second-order valence-corrected chi connectivity index (χ2v) is 9.64. The number of fused-ring (bicyclic) bond motifs is 1. The number of halogens is 1. The fraction of sp³-hybridized carbons (Fsp3) is 0.520. The molecule has 1 N–H and O–H groups in total. The van der Waals surface area contributed by atoms with Crippen LogP contribution in [-0.4, -0.2) is 46.8 Å². The van der Waals surface area contributed by atoms with E-state index in [9.17, 15) is 4.79 Å². The summed E-state index contributed by atoms with van der Waals surface area (Å²) in [6.07, 6.45) is 2.27. The van der Waals surface area contributed by atoms with E-state index in [0.717, 1.165) is 60.5 Å². The van der Waals surface area contributed by atoms with Gasteiger partial charge in [0, 0.05) is 34.1 Å². The number of amides is 1. The molecule has 0 unspecified atom stereocenters. The van der Waals surface area contributed by atoms with Gasteiger partial charge in [-0.2, -0.15) is 5.10 Å². The van der Waals surface area contributed by atoms with E-state index in [1.807, 2.05) is 29.8 Å². The van der Waals surface area contributed by atoms with Crippen molar-refractivity contribution in [2.24, 2.45) is 5.92 Å². The topological polar surface area (TPSA) is 63.3 Å². The maximum atomic E-state index is 12.7. The number of furan rings is 1. The van der Waals surface area contributed by atoms with Gasteiger partial charge in [-0.1, -0.05) is 32.4 Å². The van der Waals surface area contributed by atoms with Crippen molar-refractivity contribution in [1.29, 1.82) is 0 Å². The molecule has 0 atom stereocenters. The molecule has 2 aromatic heterocycles. The molecule has 1 aliphatic rings. The molecule has 32 heavy (non-hydrogen) atoms. The standard InChI is InChI=1S/C25H33ClN4O2/c1-5-29-8-6-18(7-9-29)14-27-25(31)22-10-17(4)30(28-22)15-20-12-21(26)11-19-13-23(16(2)3)32-24(19)20/h10-13,16,18H,5-9,14-15H2,1-4H3,(H,27,31). The van der Waals surface area contributed by atoms with Crippen LogP contribution in [0.15, 0.2) is 28.7 Å². The molecule has 0 bridgehead atoms. The van der Waals surface area contributed by atoms with Gasteiger partial charge in [-0.15, -0.1) is 0 Å². The summed E-state index contributed by atoms with van der Waals surface area (Å²) < 4.78 is 7.97. The Morgan fingerprint density at radius 3 is 2.69 bits per heavy atom. The second-order valence-electron chi connectivity index (χ2n) is 9.20. The zero-order chi connectivity index (χ0) is 22.8. The first-order valence-corrected chi connectivity index (χ1v) is 12.0. The summed E-state index contributed by atoms with van der Waals surface area (Å²) in [6.45, 7) is 12.9.